The zero-order chi connectivity index (χ0) is 13.8. The predicted octanol–water partition coefficient (Wildman–Crippen LogP) is 3.12. The Labute approximate surface area is 111 Å². The van der Waals surface area contributed by atoms with E-state index in [0.717, 1.165) is 24.7 Å². The molecule has 0 saturated carbocycles. The fraction of sp³-hybridized carbons (Fsp3) is 0.286. The van der Waals surface area contributed by atoms with Crippen LogP contribution < -0.4 is 5.32 Å². The highest BCUT2D eigenvalue weighted by Crippen LogP contribution is 2.23. The number of aromatic hydroxyl groups is 1. The molecule has 5 heteroatoms. The molecular formula is C14H16FN3O. The number of rotatable bonds is 4. The summed E-state index contributed by atoms with van der Waals surface area (Å²) in [4.78, 5) is 8.59. The van der Waals surface area contributed by atoms with Gasteiger partial charge in [-0.15, -0.1) is 0 Å². The monoisotopic (exact) mass is 261 g/mol. The van der Waals surface area contributed by atoms with Crippen molar-refractivity contribution in [2.24, 2.45) is 0 Å². The summed E-state index contributed by atoms with van der Waals surface area (Å²) in [6.45, 7) is 4.72. The van der Waals surface area contributed by atoms with Crippen LogP contribution in [0.3, 0.4) is 0 Å². The van der Waals surface area contributed by atoms with Crippen LogP contribution in [-0.2, 0) is 0 Å². The van der Waals surface area contributed by atoms with E-state index < -0.39 is 5.82 Å². The molecule has 0 atom stereocenters. The summed E-state index contributed by atoms with van der Waals surface area (Å²) in [7, 11) is 0. The standard InChI is InChI=1S/C14H16FN3O/c1-3-4-16-13-5-9(2)17-14(18-13)10-6-11(15)8-12(19)7-10/h5-8,19H,3-4H2,1-2H3,(H,16,17,18). The second-order valence-electron chi connectivity index (χ2n) is 4.34. The summed E-state index contributed by atoms with van der Waals surface area (Å²) < 4.78 is 13.3. The molecule has 0 radical (unpaired) electrons. The first-order valence-corrected chi connectivity index (χ1v) is 6.18. The summed E-state index contributed by atoms with van der Waals surface area (Å²) in [5.41, 5.74) is 1.24. The Kier molecular flexibility index (Phi) is 3.94. The molecular weight excluding hydrogens is 245 g/mol. The van der Waals surface area contributed by atoms with Gasteiger partial charge in [-0.3, -0.25) is 0 Å². The highest BCUT2D eigenvalue weighted by Gasteiger charge is 2.07. The molecule has 0 amide bonds. The van der Waals surface area contributed by atoms with Gasteiger partial charge >= 0.3 is 0 Å². The van der Waals surface area contributed by atoms with Crippen molar-refractivity contribution in [3.63, 3.8) is 0 Å². The van der Waals surface area contributed by atoms with E-state index in [1.807, 2.05) is 13.0 Å². The summed E-state index contributed by atoms with van der Waals surface area (Å²) >= 11 is 0. The van der Waals surface area contributed by atoms with Crippen molar-refractivity contribution in [2.75, 3.05) is 11.9 Å². The van der Waals surface area contributed by atoms with Crippen LogP contribution in [0.15, 0.2) is 24.3 Å². The molecule has 0 aliphatic rings. The van der Waals surface area contributed by atoms with Crippen LogP contribution in [-0.4, -0.2) is 21.6 Å². The maximum Gasteiger partial charge on any atom is 0.161 e. The van der Waals surface area contributed by atoms with E-state index in [-0.39, 0.29) is 5.75 Å². The number of halogens is 1. The molecule has 0 bridgehead atoms. The van der Waals surface area contributed by atoms with Crippen molar-refractivity contribution in [3.05, 3.63) is 35.8 Å². The Morgan fingerprint density at radius 2 is 2.00 bits per heavy atom. The SMILES string of the molecule is CCCNc1cc(C)nc(-c2cc(O)cc(F)c2)n1. The normalized spacial score (nSPS) is 10.5. The molecule has 2 N–H and O–H groups in total. The number of hydrogen-bond donors (Lipinski definition) is 2. The number of phenols is 1. The van der Waals surface area contributed by atoms with Gasteiger partial charge in [0.2, 0.25) is 0 Å². The van der Waals surface area contributed by atoms with Crippen molar-refractivity contribution >= 4 is 5.82 Å². The zero-order valence-electron chi connectivity index (χ0n) is 10.9. The average Bonchev–Trinajstić information content (AvgIpc) is 2.34. The minimum Gasteiger partial charge on any atom is -0.508 e. The van der Waals surface area contributed by atoms with Gasteiger partial charge < -0.3 is 10.4 Å². The Morgan fingerprint density at radius 3 is 2.68 bits per heavy atom. The van der Waals surface area contributed by atoms with E-state index >= 15 is 0 Å². The number of nitrogens with zero attached hydrogens (tertiary/aromatic N) is 2. The lowest BCUT2D eigenvalue weighted by Crippen LogP contribution is -2.04. The first-order valence-electron chi connectivity index (χ1n) is 6.18. The molecule has 1 aromatic heterocycles. The van der Waals surface area contributed by atoms with E-state index in [4.69, 9.17) is 0 Å². The fourth-order valence-corrected chi connectivity index (χ4v) is 1.74. The minimum atomic E-state index is -0.511. The van der Waals surface area contributed by atoms with E-state index in [9.17, 15) is 9.50 Å². The highest BCUT2D eigenvalue weighted by molar-refractivity contribution is 5.59. The van der Waals surface area contributed by atoms with Crippen LogP contribution in [0.2, 0.25) is 0 Å². The fourth-order valence-electron chi connectivity index (χ4n) is 1.74. The molecule has 0 spiro atoms. The van der Waals surface area contributed by atoms with Gasteiger partial charge in [0.25, 0.3) is 0 Å². The second kappa shape index (κ2) is 5.65. The molecule has 19 heavy (non-hydrogen) atoms. The molecule has 1 heterocycles. The van der Waals surface area contributed by atoms with Crippen LogP contribution in [0.5, 0.6) is 5.75 Å². The molecule has 0 aliphatic heterocycles. The van der Waals surface area contributed by atoms with E-state index in [1.165, 1.54) is 12.1 Å². The average molecular weight is 261 g/mol. The summed E-state index contributed by atoms with van der Waals surface area (Å²) in [6, 6.07) is 5.63. The molecule has 2 aromatic rings. The molecule has 4 nitrogen and oxygen atoms in total. The molecule has 1 aromatic carbocycles. The molecule has 0 unspecified atom stereocenters. The largest absolute Gasteiger partial charge is 0.508 e. The topological polar surface area (TPSA) is 58.0 Å². The van der Waals surface area contributed by atoms with Gasteiger partial charge in [0.1, 0.15) is 17.4 Å². The third-order valence-electron chi connectivity index (χ3n) is 2.55. The van der Waals surface area contributed by atoms with Crippen LogP contribution >= 0.6 is 0 Å². The lowest BCUT2D eigenvalue weighted by Gasteiger charge is -2.08. The third kappa shape index (κ3) is 3.40. The first kappa shape index (κ1) is 13.3. The summed E-state index contributed by atoms with van der Waals surface area (Å²) in [5.74, 6) is 0.452. The van der Waals surface area contributed by atoms with Crippen LogP contribution in [0.4, 0.5) is 10.2 Å². The van der Waals surface area contributed by atoms with Crippen LogP contribution in [0.25, 0.3) is 11.4 Å². The maximum absolute atomic E-state index is 13.3. The number of aryl methyl sites for hydroxylation is 1. The van der Waals surface area contributed by atoms with Crippen molar-refractivity contribution in [1.29, 1.82) is 0 Å². The first-order chi connectivity index (χ1) is 9.08. The second-order valence-corrected chi connectivity index (χ2v) is 4.34. The summed E-state index contributed by atoms with van der Waals surface area (Å²) in [6.07, 6.45) is 0.985. The molecule has 100 valence electrons. The Balaban J connectivity index is 2.40. The highest BCUT2D eigenvalue weighted by atomic mass is 19.1. The van der Waals surface area contributed by atoms with Crippen molar-refractivity contribution < 1.29 is 9.50 Å². The molecule has 2 rings (SSSR count). The van der Waals surface area contributed by atoms with Gasteiger partial charge in [-0.2, -0.15) is 0 Å². The van der Waals surface area contributed by atoms with Gasteiger partial charge in [0.15, 0.2) is 5.82 Å². The van der Waals surface area contributed by atoms with Gasteiger partial charge in [-0.1, -0.05) is 6.92 Å². The zero-order valence-corrected chi connectivity index (χ0v) is 10.9. The van der Waals surface area contributed by atoms with Crippen molar-refractivity contribution in [3.8, 4) is 17.1 Å². The number of benzene rings is 1. The number of anilines is 1. The van der Waals surface area contributed by atoms with Crippen LogP contribution in [0.1, 0.15) is 19.0 Å². The molecule has 0 saturated heterocycles. The van der Waals surface area contributed by atoms with Crippen molar-refractivity contribution in [1.82, 2.24) is 9.97 Å². The number of hydrogen-bond acceptors (Lipinski definition) is 4. The molecule has 0 fully saturated rings. The number of aromatic nitrogens is 2. The van der Waals surface area contributed by atoms with Gasteiger partial charge in [0, 0.05) is 29.9 Å². The van der Waals surface area contributed by atoms with Gasteiger partial charge in [-0.05, 0) is 25.5 Å². The quantitative estimate of drug-likeness (QED) is 0.887. The lowest BCUT2D eigenvalue weighted by molar-refractivity contribution is 0.469. The van der Waals surface area contributed by atoms with Crippen molar-refractivity contribution in [2.45, 2.75) is 20.3 Å². The molecule has 0 aliphatic carbocycles. The maximum atomic E-state index is 13.3. The van der Waals surface area contributed by atoms with E-state index in [0.29, 0.717) is 17.2 Å². The third-order valence-corrected chi connectivity index (χ3v) is 2.55. The van der Waals surface area contributed by atoms with E-state index in [2.05, 4.69) is 22.2 Å². The number of nitrogens with one attached hydrogen (secondary N) is 1. The Morgan fingerprint density at radius 1 is 1.21 bits per heavy atom. The smallest absolute Gasteiger partial charge is 0.161 e. The Hall–Kier alpha value is -2.17. The predicted molar refractivity (Wildman–Crippen MR) is 72.6 cm³/mol. The minimum absolute atomic E-state index is 0.136. The lowest BCUT2D eigenvalue weighted by atomic mass is 10.2. The van der Waals surface area contributed by atoms with Gasteiger partial charge in [0.05, 0.1) is 0 Å². The number of phenolic OH excluding ortho intramolecular Hbond substituents is 1. The van der Waals surface area contributed by atoms with Gasteiger partial charge in [-0.25, -0.2) is 14.4 Å². The van der Waals surface area contributed by atoms with E-state index in [1.54, 1.807) is 0 Å². The Bertz CT molecular complexity index is 567. The van der Waals surface area contributed by atoms with Crippen LogP contribution in [0, 0.1) is 12.7 Å². The summed E-state index contributed by atoms with van der Waals surface area (Å²) in [5, 5.41) is 12.6.